The monoisotopic (exact) mass is 609 g/mol. The summed E-state index contributed by atoms with van der Waals surface area (Å²) in [4.78, 5) is 31.2. The van der Waals surface area contributed by atoms with Crippen LogP contribution in [0.25, 0.3) is 22.3 Å². The number of hydrogen-bond donors (Lipinski definition) is 3. The third-order valence-corrected chi connectivity index (χ3v) is 7.61. The third kappa shape index (κ3) is 5.65. The molecule has 2 aromatic carbocycles. The number of methoxy groups -OCH3 is 1. The number of nitrogens with two attached hydrogens (primary N) is 1. The van der Waals surface area contributed by atoms with Crippen molar-refractivity contribution < 1.29 is 27.1 Å². The number of piperidine rings is 1. The maximum absolute atomic E-state index is 14.4. The number of benzene rings is 2. The number of nitrogen functional groups attached to an aromatic ring is 1. The largest absolute Gasteiger partial charge is 0.495 e. The van der Waals surface area contributed by atoms with Gasteiger partial charge in [-0.05, 0) is 43.2 Å². The average molecular weight is 610 g/mol. The number of rotatable bonds is 7. The van der Waals surface area contributed by atoms with Crippen molar-refractivity contribution in [1.82, 2.24) is 34.6 Å². The van der Waals surface area contributed by atoms with E-state index >= 15 is 0 Å². The summed E-state index contributed by atoms with van der Waals surface area (Å²) in [6, 6.07) is 6.62. The lowest BCUT2D eigenvalue weighted by Crippen LogP contribution is -2.34. The molecule has 44 heavy (non-hydrogen) atoms. The van der Waals surface area contributed by atoms with Crippen LogP contribution < -0.4 is 15.8 Å². The normalized spacial score (nSPS) is 14.7. The van der Waals surface area contributed by atoms with Crippen LogP contribution in [0.5, 0.6) is 5.75 Å². The maximum Gasteiger partial charge on any atom is 0.416 e. The molecule has 0 radical (unpaired) electrons. The molecule has 0 bridgehead atoms. The molecular formula is C29H27F4N9O2. The van der Waals surface area contributed by atoms with Crippen LogP contribution in [0.1, 0.15) is 40.6 Å². The van der Waals surface area contributed by atoms with E-state index in [1.165, 1.54) is 19.5 Å². The van der Waals surface area contributed by atoms with Crippen molar-refractivity contribution in [1.29, 1.82) is 0 Å². The average Bonchev–Trinajstić information content (AvgIpc) is 3.66. The van der Waals surface area contributed by atoms with Gasteiger partial charge in [0, 0.05) is 31.0 Å². The number of aromatic nitrogens is 6. The number of anilines is 2. The van der Waals surface area contributed by atoms with Crippen LogP contribution in [0.15, 0.2) is 55.1 Å². The van der Waals surface area contributed by atoms with Crippen LogP contribution >= 0.6 is 0 Å². The first-order valence-corrected chi connectivity index (χ1v) is 13.7. The Balaban J connectivity index is 1.26. The summed E-state index contributed by atoms with van der Waals surface area (Å²) >= 11 is 0. The van der Waals surface area contributed by atoms with E-state index in [1.54, 1.807) is 24.5 Å². The number of likely N-dealkylation sites (tertiary alicyclic amines) is 1. The lowest BCUT2D eigenvalue weighted by molar-refractivity contribution is -0.137. The van der Waals surface area contributed by atoms with Crippen molar-refractivity contribution >= 4 is 28.4 Å². The molecule has 0 spiro atoms. The van der Waals surface area contributed by atoms with Crippen LogP contribution in [0.3, 0.4) is 0 Å². The van der Waals surface area contributed by atoms with Crippen molar-refractivity contribution in [3.63, 3.8) is 0 Å². The van der Waals surface area contributed by atoms with Crippen molar-refractivity contribution in [3.05, 3.63) is 77.9 Å². The van der Waals surface area contributed by atoms with Gasteiger partial charge in [0.2, 0.25) is 0 Å². The third-order valence-electron chi connectivity index (χ3n) is 7.61. The Morgan fingerprint density at radius 2 is 1.93 bits per heavy atom. The number of nitrogens with one attached hydrogen (secondary N) is 2. The van der Waals surface area contributed by atoms with E-state index in [1.807, 2.05) is 4.68 Å². The summed E-state index contributed by atoms with van der Waals surface area (Å²) in [6.07, 6.45) is 1.85. The number of H-pyrrole nitrogens is 1. The Morgan fingerprint density at radius 3 is 2.61 bits per heavy atom. The molecule has 0 aliphatic carbocycles. The molecular weight excluding hydrogens is 582 g/mol. The molecule has 1 aliphatic rings. The van der Waals surface area contributed by atoms with Crippen molar-refractivity contribution in [2.45, 2.75) is 31.6 Å². The first-order valence-electron chi connectivity index (χ1n) is 13.7. The molecule has 5 aromatic rings. The second-order valence-corrected chi connectivity index (χ2v) is 10.4. The molecule has 4 heterocycles. The summed E-state index contributed by atoms with van der Waals surface area (Å²) in [7, 11) is 1.39. The molecule has 0 unspecified atom stereocenters. The van der Waals surface area contributed by atoms with Gasteiger partial charge in [-0.1, -0.05) is 6.07 Å². The Hall–Kier alpha value is -5.05. The second kappa shape index (κ2) is 11.6. The zero-order valence-electron chi connectivity index (χ0n) is 23.4. The number of amides is 1. The fourth-order valence-corrected chi connectivity index (χ4v) is 5.38. The molecule has 4 N–H and O–H groups in total. The lowest BCUT2D eigenvalue weighted by Gasteiger charge is -2.31. The van der Waals surface area contributed by atoms with Crippen LogP contribution in [-0.2, 0) is 12.7 Å². The van der Waals surface area contributed by atoms with Gasteiger partial charge in [0.05, 0.1) is 41.9 Å². The number of fused-ring (bicyclic) bond motifs is 1. The van der Waals surface area contributed by atoms with Gasteiger partial charge in [0.15, 0.2) is 5.65 Å². The van der Waals surface area contributed by atoms with Crippen molar-refractivity contribution in [3.8, 4) is 17.0 Å². The summed E-state index contributed by atoms with van der Waals surface area (Å²) < 4.78 is 60.5. The summed E-state index contributed by atoms with van der Waals surface area (Å²) in [6.45, 7) is 2.41. The zero-order valence-corrected chi connectivity index (χ0v) is 23.4. The van der Waals surface area contributed by atoms with Crippen molar-refractivity contribution in [2.24, 2.45) is 0 Å². The van der Waals surface area contributed by atoms with Gasteiger partial charge in [-0.25, -0.2) is 24.0 Å². The first kappa shape index (κ1) is 29.0. The predicted octanol–water partition coefficient (Wildman–Crippen LogP) is 5.05. The molecule has 3 aromatic heterocycles. The minimum absolute atomic E-state index is 0.0625. The van der Waals surface area contributed by atoms with Crippen LogP contribution in [0.2, 0.25) is 0 Å². The zero-order chi connectivity index (χ0) is 31.0. The van der Waals surface area contributed by atoms with Gasteiger partial charge in [-0.2, -0.15) is 18.3 Å². The van der Waals surface area contributed by atoms with E-state index in [-0.39, 0.29) is 29.4 Å². The van der Waals surface area contributed by atoms with Gasteiger partial charge < -0.3 is 20.8 Å². The number of imidazole rings is 1. The van der Waals surface area contributed by atoms with Gasteiger partial charge in [-0.15, -0.1) is 0 Å². The Kier molecular flexibility index (Phi) is 7.63. The van der Waals surface area contributed by atoms with Crippen LogP contribution in [0, 0.1) is 5.82 Å². The summed E-state index contributed by atoms with van der Waals surface area (Å²) in [5.74, 6) is -0.859. The highest BCUT2D eigenvalue weighted by atomic mass is 19.4. The molecule has 11 nitrogen and oxygen atoms in total. The standard InChI is InChI=1S/C29H27F4N9O2/c1-44-22-12-16(2-5-21(22)39-28(43)19-4-3-17(13-20(19)30)29(31,32)33)25-24-26(34)37-15-38-27(24)42(40-25)18-6-10-41(11-7-18)14-23-35-8-9-36-23/h2-5,8-9,12-13,15,18H,6-7,10-11,14H2,1H3,(H,35,36)(H,39,43)(H2,34,37,38). The number of carbonyl (C=O) groups excluding carboxylic acids is 1. The number of nitrogens with zero attached hydrogens (tertiary/aromatic N) is 6. The van der Waals surface area contributed by atoms with Gasteiger partial charge in [0.25, 0.3) is 5.91 Å². The number of halogens is 4. The lowest BCUT2D eigenvalue weighted by atomic mass is 10.1. The number of ether oxygens (including phenoxy) is 1. The number of alkyl halides is 3. The van der Waals surface area contributed by atoms with E-state index in [2.05, 4.69) is 30.2 Å². The predicted molar refractivity (Wildman–Crippen MR) is 153 cm³/mol. The summed E-state index contributed by atoms with van der Waals surface area (Å²) in [5.41, 5.74) is 6.44. The topological polar surface area (TPSA) is 140 Å². The Morgan fingerprint density at radius 1 is 1.14 bits per heavy atom. The van der Waals surface area contributed by atoms with Gasteiger partial charge in [-0.3, -0.25) is 9.69 Å². The molecule has 0 atom stereocenters. The van der Waals surface area contributed by atoms with E-state index in [0.29, 0.717) is 28.4 Å². The fraction of sp³-hybridized carbons (Fsp3) is 0.276. The molecule has 1 saturated heterocycles. The first-order chi connectivity index (χ1) is 21.1. The Labute approximate surface area is 248 Å². The smallest absolute Gasteiger partial charge is 0.416 e. The number of carbonyl (C=O) groups is 1. The van der Waals surface area contributed by atoms with Crippen molar-refractivity contribution in [2.75, 3.05) is 31.2 Å². The molecule has 1 aliphatic heterocycles. The van der Waals surface area contributed by atoms with E-state index < -0.39 is 29.0 Å². The highest BCUT2D eigenvalue weighted by molar-refractivity contribution is 6.06. The molecule has 6 rings (SSSR count). The second-order valence-electron chi connectivity index (χ2n) is 10.4. The molecule has 0 saturated carbocycles. The molecule has 1 amide bonds. The minimum Gasteiger partial charge on any atom is -0.495 e. The van der Waals surface area contributed by atoms with Gasteiger partial charge in [0.1, 0.15) is 35.2 Å². The molecule has 15 heteroatoms. The fourth-order valence-electron chi connectivity index (χ4n) is 5.38. The molecule has 228 valence electrons. The highest BCUT2D eigenvalue weighted by Gasteiger charge is 2.32. The highest BCUT2D eigenvalue weighted by Crippen LogP contribution is 2.38. The maximum atomic E-state index is 14.4. The summed E-state index contributed by atoms with van der Waals surface area (Å²) in [5, 5.41) is 7.99. The quantitative estimate of drug-likeness (QED) is 0.218. The van der Waals surface area contributed by atoms with E-state index in [9.17, 15) is 22.4 Å². The van der Waals surface area contributed by atoms with Gasteiger partial charge >= 0.3 is 6.18 Å². The van der Waals surface area contributed by atoms with Crippen LogP contribution in [-0.4, -0.2) is 60.7 Å². The number of hydrogen-bond acceptors (Lipinski definition) is 8. The van der Waals surface area contributed by atoms with Crippen LogP contribution in [0.4, 0.5) is 29.1 Å². The minimum atomic E-state index is -4.74. The Bertz CT molecular complexity index is 1810. The molecule has 1 fully saturated rings. The van der Waals surface area contributed by atoms with E-state index in [4.69, 9.17) is 15.6 Å². The van der Waals surface area contributed by atoms with E-state index in [0.717, 1.165) is 44.4 Å². The number of aromatic amines is 1. The SMILES string of the molecule is COc1cc(-c2nn(C3CCN(Cc4ncc[nH]4)CC3)c3ncnc(N)c23)ccc1NC(=O)c1ccc(C(F)(F)F)cc1F.